The van der Waals surface area contributed by atoms with Gasteiger partial charge in [-0.05, 0) is 44.6 Å². The van der Waals surface area contributed by atoms with Crippen molar-refractivity contribution in [1.29, 1.82) is 0 Å². The molecule has 0 spiro atoms. The maximum absolute atomic E-state index is 12.5. The van der Waals surface area contributed by atoms with Gasteiger partial charge in [-0.2, -0.15) is 0 Å². The monoisotopic (exact) mass is 356 g/mol. The van der Waals surface area contributed by atoms with E-state index in [0.717, 1.165) is 49.0 Å². The van der Waals surface area contributed by atoms with Crippen molar-refractivity contribution in [3.05, 3.63) is 36.0 Å². The van der Waals surface area contributed by atoms with Crippen LogP contribution in [0.15, 0.2) is 30.5 Å². The number of aryl methyl sites for hydroxylation is 1. The van der Waals surface area contributed by atoms with Crippen LogP contribution in [0.2, 0.25) is 0 Å². The Morgan fingerprint density at radius 2 is 1.88 bits per heavy atom. The third-order valence-electron chi connectivity index (χ3n) is 5.60. The molecule has 0 saturated heterocycles. The number of carbonyl (C=O) groups is 2. The van der Waals surface area contributed by atoms with E-state index in [1.807, 2.05) is 49.0 Å². The molecule has 0 N–H and O–H groups in total. The number of fused-ring (bicyclic) bond motifs is 1. The van der Waals surface area contributed by atoms with Crippen LogP contribution in [0, 0.1) is 5.92 Å². The third kappa shape index (κ3) is 3.76. The average Bonchev–Trinajstić information content (AvgIpc) is 3.05. The first-order valence-corrected chi connectivity index (χ1v) is 9.52. The van der Waals surface area contributed by atoms with E-state index in [1.165, 1.54) is 0 Å². The summed E-state index contributed by atoms with van der Waals surface area (Å²) in [4.78, 5) is 26.7. The molecule has 140 valence electrons. The molecule has 0 radical (unpaired) electrons. The Morgan fingerprint density at radius 1 is 1.19 bits per heavy atom. The Bertz CT molecular complexity index is 788. The summed E-state index contributed by atoms with van der Waals surface area (Å²) in [6.07, 6.45) is 6.17. The lowest BCUT2D eigenvalue weighted by Crippen LogP contribution is -2.41. The van der Waals surface area contributed by atoms with Gasteiger partial charge in [0.15, 0.2) is 6.61 Å². The molecule has 5 nitrogen and oxygen atoms in total. The molecular weight excluding hydrogens is 328 g/mol. The molecule has 1 aromatic heterocycles. The van der Waals surface area contributed by atoms with Gasteiger partial charge in [0.05, 0.1) is 5.56 Å². The van der Waals surface area contributed by atoms with E-state index in [-0.39, 0.29) is 18.6 Å². The predicted octanol–water partition coefficient (Wildman–Crippen LogP) is 3.86. The number of benzene rings is 1. The minimum atomic E-state index is -0.438. The number of para-hydroxylation sites is 1. The van der Waals surface area contributed by atoms with Gasteiger partial charge in [0.25, 0.3) is 5.91 Å². The molecule has 3 rings (SSSR count). The van der Waals surface area contributed by atoms with Crippen molar-refractivity contribution in [2.24, 2.45) is 5.92 Å². The number of carbonyl (C=O) groups excluding carboxylic acids is 2. The highest BCUT2D eigenvalue weighted by molar-refractivity contribution is 6.04. The lowest BCUT2D eigenvalue weighted by atomic mass is 9.87. The summed E-state index contributed by atoms with van der Waals surface area (Å²) >= 11 is 0. The fourth-order valence-corrected chi connectivity index (χ4v) is 3.81. The van der Waals surface area contributed by atoms with Gasteiger partial charge in [-0.25, -0.2) is 4.79 Å². The highest BCUT2D eigenvalue weighted by atomic mass is 16.5. The maximum Gasteiger partial charge on any atom is 0.340 e. The number of nitrogens with zero attached hydrogens (tertiary/aromatic N) is 2. The van der Waals surface area contributed by atoms with E-state index in [1.54, 1.807) is 4.90 Å². The SMILES string of the molecule is CCn1cc(C(=O)OCC(=O)N(C)C2CCC(C)CC2)c2ccccc21. The fourth-order valence-electron chi connectivity index (χ4n) is 3.81. The van der Waals surface area contributed by atoms with E-state index < -0.39 is 5.97 Å². The molecule has 0 unspecified atom stereocenters. The number of rotatable bonds is 5. The number of aromatic nitrogens is 1. The first kappa shape index (κ1) is 18.5. The number of hydrogen-bond acceptors (Lipinski definition) is 3. The molecule has 5 heteroatoms. The zero-order valence-corrected chi connectivity index (χ0v) is 15.9. The zero-order chi connectivity index (χ0) is 18.7. The summed E-state index contributed by atoms with van der Waals surface area (Å²) in [7, 11) is 1.82. The molecule has 1 fully saturated rings. The Morgan fingerprint density at radius 3 is 2.58 bits per heavy atom. The maximum atomic E-state index is 12.5. The van der Waals surface area contributed by atoms with Crippen molar-refractivity contribution in [2.75, 3.05) is 13.7 Å². The largest absolute Gasteiger partial charge is 0.452 e. The second kappa shape index (κ2) is 7.94. The van der Waals surface area contributed by atoms with Gasteiger partial charge < -0.3 is 14.2 Å². The minimum Gasteiger partial charge on any atom is -0.452 e. The van der Waals surface area contributed by atoms with Crippen LogP contribution in [0.25, 0.3) is 10.9 Å². The Kier molecular flexibility index (Phi) is 5.64. The quantitative estimate of drug-likeness (QED) is 0.765. The average molecular weight is 356 g/mol. The molecule has 0 atom stereocenters. The second-order valence-corrected chi connectivity index (χ2v) is 7.34. The number of likely N-dealkylation sites (N-methyl/N-ethyl adjacent to an activating group) is 1. The third-order valence-corrected chi connectivity index (χ3v) is 5.60. The predicted molar refractivity (Wildman–Crippen MR) is 102 cm³/mol. The first-order valence-electron chi connectivity index (χ1n) is 9.52. The Balaban J connectivity index is 1.63. The normalized spacial score (nSPS) is 20.1. The van der Waals surface area contributed by atoms with E-state index in [0.29, 0.717) is 5.56 Å². The molecule has 0 bridgehead atoms. The first-order chi connectivity index (χ1) is 12.5. The van der Waals surface area contributed by atoms with Crippen molar-refractivity contribution < 1.29 is 14.3 Å². The molecule has 1 aliphatic rings. The van der Waals surface area contributed by atoms with Gasteiger partial charge in [0.1, 0.15) is 0 Å². The molecule has 1 heterocycles. The van der Waals surface area contributed by atoms with Gasteiger partial charge in [0.2, 0.25) is 0 Å². The van der Waals surface area contributed by atoms with Crippen LogP contribution < -0.4 is 0 Å². The van der Waals surface area contributed by atoms with Gasteiger partial charge in [0, 0.05) is 36.7 Å². The Labute approximate surface area is 154 Å². The van der Waals surface area contributed by atoms with Crippen molar-refractivity contribution >= 4 is 22.8 Å². The summed E-state index contributed by atoms with van der Waals surface area (Å²) in [6.45, 7) is 4.86. The summed E-state index contributed by atoms with van der Waals surface area (Å²) in [5.74, 6) is 0.174. The smallest absolute Gasteiger partial charge is 0.340 e. The lowest BCUT2D eigenvalue weighted by molar-refractivity contribution is -0.136. The van der Waals surface area contributed by atoms with Gasteiger partial charge in [-0.1, -0.05) is 25.1 Å². The van der Waals surface area contributed by atoms with E-state index in [2.05, 4.69) is 6.92 Å². The van der Waals surface area contributed by atoms with Crippen LogP contribution in [0.4, 0.5) is 0 Å². The zero-order valence-electron chi connectivity index (χ0n) is 15.9. The summed E-state index contributed by atoms with van der Waals surface area (Å²) in [5.41, 5.74) is 1.52. The van der Waals surface area contributed by atoms with E-state index in [9.17, 15) is 9.59 Å². The van der Waals surface area contributed by atoms with Crippen molar-refractivity contribution in [2.45, 2.75) is 52.1 Å². The fraction of sp³-hybridized carbons (Fsp3) is 0.524. The molecule has 26 heavy (non-hydrogen) atoms. The highest BCUT2D eigenvalue weighted by Gasteiger charge is 2.25. The number of hydrogen-bond donors (Lipinski definition) is 0. The van der Waals surface area contributed by atoms with Gasteiger partial charge in [-0.3, -0.25) is 4.79 Å². The summed E-state index contributed by atoms with van der Waals surface area (Å²) in [5, 5.41) is 0.862. The molecular formula is C21H28N2O3. The van der Waals surface area contributed by atoms with Crippen LogP contribution >= 0.6 is 0 Å². The van der Waals surface area contributed by atoms with Crippen LogP contribution in [-0.2, 0) is 16.1 Å². The number of esters is 1. The molecule has 2 aromatic rings. The molecule has 1 aromatic carbocycles. The second-order valence-electron chi connectivity index (χ2n) is 7.34. The molecule has 1 saturated carbocycles. The minimum absolute atomic E-state index is 0.128. The van der Waals surface area contributed by atoms with Crippen molar-refractivity contribution in [3.8, 4) is 0 Å². The van der Waals surface area contributed by atoms with Crippen LogP contribution in [0.5, 0.6) is 0 Å². The van der Waals surface area contributed by atoms with Gasteiger partial charge >= 0.3 is 5.97 Å². The van der Waals surface area contributed by atoms with Crippen molar-refractivity contribution in [3.63, 3.8) is 0 Å². The van der Waals surface area contributed by atoms with Crippen LogP contribution in [0.3, 0.4) is 0 Å². The van der Waals surface area contributed by atoms with Crippen LogP contribution in [-0.4, -0.2) is 41.0 Å². The summed E-state index contributed by atoms with van der Waals surface area (Å²) < 4.78 is 7.36. The highest BCUT2D eigenvalue weighted by Crippen LogP contribution is 2.26. The lowest BCUT2D eigenvalue weighted by Gasteiger charge is -2.33. The van der Waals surface area contributed by atoms with Crippen molar-refractivity contribution in [1.82, 2.24) is 9.47 Å². The Hall–Kier alpha value is -2.30. The number of ether oxygens (including phenoxy) is 1. The van der Waals surface area contributed by atoms with E-state index in [4.69, 9.17) is 4.74 Å². The molecule has 1 amide bonds. The van der Waals surface area contributed by atoms with Gasteiger partial charge in [-0.15, -0.1) is 0 Å². The standard InChI is InChI=1S/C21H28N2O3/c1-4-23-13-18(17-7-5-6-8-19(17)23)21(25)26-14-20(24)22(3)16-11-9-15(2)10-12-16/h5-8,13,15-16H,4,9-12,14H2,1-3H3. The number of amides is 1. The molecule has 0 aliphatic heterocycles. The van der Waals surface area contributed by atoms with Crippen LogP contribution in [0.1, 0.15) is 49.9 Å². The summed E-state index contributed by atoms with van der Waals surface area (Å²) in [6, 6.07) is 8.02. The van der Waals surface area contributed by atoms with E-state index >= 15 is 0 Å². The molecule has 1 aliphatic carbocycles. The topological polar surface area (TPSA) is 51.5 Å².